The molecule has 0 unspecified atom stereocenters. The van der Waals surface area contributed by atoms with Crippen molar-refractivity contribution >= 4 is 16.8 Å². The molecule has 0 bridgehead atoms. The summed E-state index contributed by atoms with van der Waals surface area (Å²) in [7, 11) is 1.34. The molecule has 0 aliphatic carbocycles. The zero-order chi connectivity index (χ0) is 22.0. The fourth-order valence-corrected chi connectivity index (χ4v) is 3.15. The molecule has 7 nitrogen and oxygen atoms in total. The van der Waals surface area contributed by atoms with Crippen molar-refractivity contribution in [2.45, 2.75) is 26.2 Å². The second-order valence-electron chi connectivity index (χ2n) is 6.64. The van der Waals surface area contributed by atoms with Gasteiger partial charge >= 0.3 is 5.69 Å². The Balaban J connectivity index is 1.95. The molecular weight excluding hydrogens is 403 g/mol. The van der Waals surface area contributed by atoms with Crippen LogP contribution in [0.1, 0.15) is 18.5 Å². The first-order chi connectivity index (χ1) is 14.2. The minimum absolute atomic E-state index is 0.0365. The van der Waals surface area contributed by atoms with E-state index in [-0.39, 0.29) is 23.2 Å². The minimum atomic E-state index is -0.854. The van der Waals surface area contributed by atoms with Crippen LogP contribution in [0.3, 0.4) is 0 Å². The topological polar surface area (TPSA) is 82.3 Å². The number of aromatic nitrogens is 2. The number of hydrogen-bond donors (Lipinski definition) is 1. The van der Waals surface area contributed by atoms with Crippen LogP contribution < -0.4 is 16.6 Å². The van der Waals surface area contributed by atoms with Crippen LogP contribution in [0.2, 0.25) is 0 Å². The number of nitrogens with zero attached hydrogens (tertiary/aromatic N) is 2. The van der Waals surface area contributed by atoms with Crippen LogP contribution in [-0.4, -0.2) is 22.2 Å². The summed E-state index contributed by atoms with van der Waals surface area (Å²) in [6.45, 7) is 0.566. The van der Waals surface area contributed by atoms with Crippen molar-refractivity contribution in [3.05, 3.63) is 80.3 Å². The van der Waals surface area contributed by atoms with Crippen molar-refractivity contribution in [1.82, 2.24) is 14.5 Å². The van der Waals surface area contributed by atoms with Gasteiger partial charge in [0.15, 0.2) is 0 Å². The van der Waals surface area contributed by atoms with E-state index in [0.29, 0.717) is 10.6 Å². The number of carbonyl (C=O) groups is 1. The predicted molar refractivity (Wildman–Crippen MR) is 102 cm³/mol. The monoisotopic (exact) mass is 421 g/mol. The summed E-state index contributed by atoms with van der Waals surface area (Å²) in [5, 5.41) is 2.36. The molecule has 10 heteroatoms. The summed E-state index contributed by atoms with van der Waals surface area (Å²) in [5.41, 5.74) is -1.48. The number of benzene rings is 2. The first kappa shape index (κ1) is 21.3. The van der Waals surface area contributed by atoms with Crippen molar-refractivity contribution in [3.63, 3.8) is 0 Å². The lowest BCUT2D eigenvalue weighted by Gasteiger charge is -2.17. The van der Waals surface area contributed by atoms with Crippen molar-refractivity contribution in [2.24, 2.45) is 0 Å². The van der Waals surface area contributed by atoms with E-state index in [2.05, 4.69) is 5.32 Å². The molecule has 0 spiro atoms. The minimum Gasteiger partial charge on any atom is -0.364 e. The highest BCUT2D eigenvalue weighted by Crippen LogP contribution is 2.17. The van der Waals surface area contributed by atoms with Gasteiger partial charge in [-0.3, -0.25) is 18.7 Å². The third kappa shape index (κ3) is 4.13. The van der Waals surface area contributed by atoms with Gasteiger partial charge in [-0.25, -0.2) is 18.0 Å². The molecule has 1 aromatic heterocycles. The number of rotatable bonds is 6. The molecule has 3 aromatic rings. The maximum Gasteiger partial charge on any atom is 0.333 e. The van der Waals surface area contributed by atoms with Crippen LogP contribution in [0.25, 0.3) is 10.9 Å². The standard InChI is InChI=1S/C20H18F3N3O4/c1-11(14-5-3-13(22)8-16(14)23)24-18(27)9-25-19(28)15-7-12(21)4-6-17(15)26(10-30-2)20(25)29/h3-8,11H,9-10H2,1-2H3,(H,24,27)/t11-/m0/s1. The zero-order valence-corrected chi connectivity index (χ0v) is 16.1. The molecule has 1 heterocycles. The molecule has 2 aromatic carbocycles. The molecule has 0 aliphatic heterocycles. The third-order valence-electron chi connectivity index (χ3n) is 4.55. The largest absolute Gasteiger partial charge is 0.364 e. The SMILES string of the molecule is COCn1c(=O)n(CC(=O)N[C@@H](C)c2ccc(F)cc2F)c(=O)c2cc(F)ccc21. The molecule has 1 amide bonds. The number of amides is 1. The summed E-state index contributed by atoms with van der Waals surface area (Å²) in [5.74, 6) is -3.05. The highest BCUT2D eigenvalue weighted by Gasteiger charge is 2.19. The Morgan fingerprint density at radius 2 is 1.73 bits per heavy atom. The highest BCUT2D eigenvalue weighted by molar-refractivity contribution is 5.79. The Bertz CT molecular complexity index is 1240. The maximum absolute atomic E-state index is 13.9. The van der Waals surface area contributed by atoms with Gasteiger partial charge < -0.3 is 10.1 Å². The van der Waals surface area contributed by atoms with E-state index in [9.17, 15) is 27.6 Å². The summed E-state index contributed by atoms with van der Waals surface area (Å²) in [6, 6.07) is 5.41. The van der Waals surface area contributed by atoms with E-state index < -0.39 is 47.2 Å². The van der Waals surface area contributed by atoms with E-state index in [0.717, 1.165) is 22.8 Å². The molecule has 1 N–H and O–H groups in total. The summed E-state index contributed by atoms with van der Waals surface area (Å²) in [6.07, 6.45) is 0. The highest BCUT2D eigenvalue weighted by atomic mass is 19.1. The lowest BCUT2D eigenvalue weighted by molar-refractivity contribution is -0.122. The number of ether oxygens (including phenoxy) is 1. The third-order valence-corrected chi connectivity index (χ3v) is 4.55. The molecule has 0 fully saturated rings. The number of halogens is 3. The molecule has 1 atom stereocenters. The Hall–Kier alpha value is -3.40. The zero-order valence-electron chi connectivity index (χ0n) is 16.1. The van der Waals surface area contributed by atoms with Crippen molar-refractivity contribution in [3.8, 4) is 0 Å². The average Bonchev–Trinajstić information content (AvgIpc) is 2.68. The van der Waals surface area contributed by atoms with E-state index in [1.165, 1.54) is 26.2 Å². The van der Waals surface area contributed by atoms with Crippen LogP contribution in [0.5, 0.6) is 0 Å². The Morgan fingerprint density at radius 1 is 1.07 bits per heavy atom. The van der Waals surface area contributed by atoms with E-state index in [1.807, 2.05) is 0 Å². The maximum atomic E-state index is 13.9. The van der Waals surface area contributed by atoms with Crippen LogP contribution in [0.15, 0.2) is 46.0 Å². The summed E-state index contributed by atoms with van der Waals surface area (Å²) in [4.78, 5) is 37.9. The fraction of sp³-hybridized carbons (Fsp3) is 0.250. The lowest BCUT2D eigenvalue weighted by atomic mass is 10.1. The first-order valence-electron chi connectivity index (χ1n) is 8.89. The van der Waals surface area contributed by atoms with Gasteiger partial charge in [-0.2, -0.15) is 0 Å². The Kier molecular flexibility index (Phi) is 6.06. The van der Waals surface area contributed by atoms with Crippen molar-refractivity contribution in [2.75, 3.05) is 7.11 Å². The number of fused-ring (bicyclic) bond motifs is 1. The van der Waals surface area contributed by atoms with Crippen molar-refractivity contribution < 1.29 is 22.7 Å². The predicted octanol–water partition coefficient (Wildman–Crippen LogP) is 2.06. The molecule has 0 aliphatic rings. The molecule has 30 heavy (non-hydrogen) atoms. The van der Waals surface area contributed by atoms with Gasteiger partial charge in [0.05, 0.1) is 16.9 Å². The quantitative estimate of drug-likeness (QED) is 0.661. The Morgan fingerprint density at radius 3 is 2.40 bits per heavy atom. The Labute approximate surface area is 168 Å². The van der Waals surface area contributed by atoms with Gasteiger partial charge in [0.2, 0.25) is 5.91 Å². The van der Waals surface area contributed by atoms with Crippen LogP contribution >= 0.6 is 0 Å². The fourth-order valence-electron chi connectivity index (χ4n) is 3.15. The average molecular weight is 421 g/mol. The summed E-state index contributed by atoms with van der Waals surface area (Å²) >= 11 is 0. The van der Waals surface area contributed by atoms with E-state index in [1.54, 1.807) is 0 Å². The molecule has 3 rings (SSSR count). The first-order valence-corrected chi connectivity index (χ1v) is 8.89. The van der Waals surface area contributed by atoms with Gasteiger partial charge in [-0.05, 0) is 31.2 Å². The van der Waals surface area contributed by atoms with Crippen LogP contribution in [-0.2, 0) is 22.8 Å². The molecule has 158 valence electrons. The van der Waals surface area contributed by atoms with E-state index in [4.69, 9.17) is 4.74 Å². The normalized spacial score (nSPS) is 12.2. The van der Waals surface area contributed by atoms with Gasteiger partial charge in [-0.1, -0.05) is 6.07 Å². The lowest BCUT2D eigenvalue weighted by Crippen LogP contribution is -2.44. The molecule has 0 saturated heterocycles. The van der Waals surface area contributed by atoms with Crippen molar-refractivity contribution in [1.29, 1.82) is 0 Å². The van der Waals surface area contributed by atoms with Gasteiger partial charge in [0, 0.05) is 18.7 Å². The number of carbonyl (C=O) groups excluding carboxylic acids is 1. The number of nitrogens with one attached hydrogen (secondary N) is 1. The van der Waals surface area contributed by atoms with Gasteiger partial charge in [0.25, 0.3) is 5.56 Å². The molecule has 0 radical (unpaired) electrons. The van der Waals surface area contributed by atoms with E-state index >= 15 is 0 Å². The van der Waals surface area contributed by atoms with Crippen LogP contribution in [0, 0.1) is 17.5 Å². The summed E-state index contributed by atoms with van der Waals surface area (Å²) < 4.78 is 47.3. The number of hydrogen-bond acceptors (Lipinski definition) is 4. The second-order valence-corrected chi connectivity index (χ2v) is 6.64. The molecular formula is C20H18F3N3O4. The van der Waals surface area contributed by atoms with Gasteiger partial charge in [0.1, 0.15) is 30.7 Å². The van der Waals surface area contributed by atoms with Gasteiger partial charge in [-0.15, -0.1) is 0 Å². The smallest absolute Gasteiger partial charge is 0.333 e. The second kappa shape index (κ2) is 8.54. The van der Waals surface area contributed by atoms with Crippen LogP contribution in [0.4, 0.5) is 13.2 Å². The number of methoxy groups -OCH3 is 1. The molecule has 0 saturated carbocycles.